The Morgan fingerprint density at radius 1 is 1.24 bits per heavy atom. The van der Waals surface area contributed by atoms with E-state index in [-0.39, 0.29) is 25.1 Å². The Morgan fingerprint density at radius 3 is 2.62 bits per heavy atom. The molecule has 1 aliphatic heterocycles. The molecule has 21 heavy (non-hydrogen) atoms. The van der Waals surface area contributed by atoms with Crippen LogP contribution in [0.15, 0.2) is 0 Å². The number of hydrogen-bond donors (Lipinski definition) is 3. The number of aliphatic hydroxyl groups is 1. The number of urea groups is 1. The van der Waals surface area contributed by atoms with E-state index in [0.717, 1.165) is 25.9 Å². The van der Waals surface area contributed by atoms with Crippen LogP contribution in [0.2, 0.25) is 0 Å². The molecular weight excluding hydrogens is 274 g/mol. The van der Waals surface area contributed by atoms with E-state index in [0.29, 0.717) is 26.1 Å². The minimum Gasteiger partial charge on any atom is -0.481 e. The van der Waals surface area contributed by atoms with Crippen LogP contribution < -0.4 is 5.32 Å². The van der Waals surface area contributed by atoms with Crippen molar-refractivity contribution in [2.24, 2.45) is 0 Å². The molecule has 0 aliphatic carbocycles. The maximum Gasteiger partial charge on any atom is 0.317 e. The Balaban J connectivity index is 2.47. The summed E-state index contributed by atoms with van der Waals surface area (Å²) in [5, 5.41) is 20.7. The fourth-order valence-corrected chi connectivity index (χ4v) is 2.59. The first-order chi connectivity index (χ1) is 10.1. The minimum atomic E-state index is -0.890. The quantitative estimate of drug-likeness (QED) is 0.630. The molecule has 7 heteroatoms. The van der Waals surface area contributed by atoms with Crippen molar-refractivity contribution in [2.75, 3.05) is 39.3 Å². The molecule has 0 aromatic carbocycles. The standard InChI is InChI=1S/C14H27N3O4/c1-2-4-12(11-13(19)20)15-14(21)17-6-3-5-16(7-8-17)9-10-18/h12,18H,2-11H2,1H3,(H,15,21)(H,19,20). The first-order valence-electron chi connectivity index (χ1n) is 7.67. The van der Waals surface area contributed by atoms with Crippen molar-refractivity contribution in [3.63, 3.8) is 0 Å². The molecule has 1 saturated heterocycles. The van der Waals surface area contributed by atoms with Crippen LogP contribution in [0.5, 0.6) is 0 Å². The van der Waals surface area contributed by atoms with Crippen LogP contribution in [0.25, 0.3) is 0 Å². The highest BCUT2D eigenvalue weighted by molar-refractivity contribution is 5.76. The highest BCUT2D eigenvalue weighted by Crippen LogP contribution is 2.06. The molecule has 122 valence electrons. The summed E-state index contributed by atoms with van der Waals surface area (Å²) in [6.07, 6.45) is 2.33. The first-order valence-corrected chi connectivity index (χ1v) is 7.67. The van der Waals surface area contributed by atoms with Crippen molar-refractivity contribution in [1.29, 1.82) is 0 Å². The van der Waals surface area contributed by atoms with Crippen LogP contribution >= 0.6 is 0 Å². The summed E-state index contributed by atoms with van der Waals surface area (Å²) in [5.41, 5.74) is 0. The number of nitrogens with one attached hydrogen (secondary N) is 1. The number of amides is 2. The number of rotatable bonds is 7. The average Bonchev–Trinajstić information content (AvgIpc) is 2.64. The van der Waals surface area contributed by atoms with Gasteiger partial charge >= 0.3 is 12.0 Å². The fourth-order valence-electron chi connectivity index (χ4n) is 2.59. The van der Waals surface area contributed by atoms with E-state index < -0.39 is 5.97 Å². The van der Waals surface area contributed by atoms with Gasteiger partial charge in [-0.05, 0) is 19.4 Å². The van der Waals surface area contributed by atoms with Crippen molar-refractivity contribution in [2.45, 2.75) is 38.6 Å². The summed E-state index contributed by atoms with van der Waals surface area (Å²) in [7, 11) is 0. The zero-order valence-corrected chi connectivity index (χ0v) is 12.8. The predicted octanol–water partition coefficient (Wildman–Crippen LogP) is 0.339. The van der Waals surface area contributed by atoms with Gasteiger partial charge in [-0.3, -0.25) is 9.69 Å². The number of carboxylic acid groups (broad SMARTS) is 1. The molecular formula is C14H27N3O4. The topological polar surface area (TPSA) is 93.1 Å². The van der Waals surface area contributed by atoms with Crippen LogP contribution in [-0.4, -0.2) is 77.4 Å². The van der Waals surface area contributed by atoms with Gasteiger partial charge in [-0.1, -0.05) is 13.3 Å². The highest BCUT2D eigenvalue weighted by Gasteiger charge is 2.22. The van der Waals surface area contributed by atoms with Gasteiger partial charge in [0.05, 0.1) is 13.0 Å². The predicted molar refractivity (Wildman–Crippen MR) is 79.2 cm³/mol. The van der Waals surface area contributed by atoms with E-state index in [2.05, 4.69) is 10.2 Å². The second-order valence-electron chi connectivity index (χ2n) is 5.44. The molecule has 7 nitrogen and oxygen atoms in total. The lowest BCUT2D eigenvalue weighted by Crippen LogP contribution is -2.46. The van der Waals surface area contributed by atoms with Gasteiger partial charge in [-0.15, -0.1) is 0 Å². The summed E-state index contributed by atoms with van der Waals surface area (Å²) in [6.45, 7) is 5.62. The third-order valence-corrected chi connectivity index (χ3v) is 3.68. The second-order valence-corrected chi connectivity index (χ2v) is 5.44. The Morgan fingerprint density at radius 2 is 2.00 bits per heavy atom. The van der Waals surface area contributed by atoms with Gasteiger partial charge in [0.2, 0.25) is 0 Å². The largest absolute Gasteiger partial charge is 0.481 e. The Kier molecular flexibility index (Phi) is 8.07. The first kappa shape index (κ1) is 17.7. The van der Waals surface area contributed by atoms with Gasteiger partial charge in [0.1, 0.15) is 0 Å². The molecule has 1 aliphatic rings. The van der Waals surface area contributed by atoms with Crippen molar-refractivity contribution >= 4 is 12.0 Å². The Bertz CT molecular complexity index is 338. The summed E-state index contributed by atoms with van der Waals surface area (Å²) >= 11 is 0. The molecule has 0 aromatic heterocycles. The molecule has 0 aromatic rings. The molecule has 0 radical (unpaired) electrons. The molecule has 1 unspecified atom stereocenters. The third kappa shape index (κ3) is 6.77. The molecule has 1 rings (SSSR count). The summed E-state index contributed by atoms with van der Waals surface area (Å²) in [4.78, 5) is 26.9. The van der Waals surface area contributed by atoms with Gasteiger partial charge < -0.3 is 20.4 Å². The number of carboxylic acids is 1. The van der Waals surface area contributed by atoms with Crippen LogP contribution in [0, 0.1) is 0 Å². The third-order valence-electron chi connectivity index (χ3n) is 3.68. The number of carbonyl (C=O) groups is 2. The second kappa shape index (κ2) is 9.57. The van der Waals surface area contributed by atoms with Gasteiger partial charge in [0.15, 0.2) is 0 Å². The van der Waals surface area contributed by atoms with Crippen LogP contribution in [0.4, 0.5) is 4.79 Å². The average molecular weight is 301 g/mol. The number of aliphatic hydroxyl groups excluding tert-OH is 1. The molecule has 1 atom stereocenters. The van der Waals surface area contributed by atoms with Crippen LogP contribution in [0.1, 0.15) is 32.6 Å². The molecule has 2 amide bonds. The number of carbonyl (C=O) groups excluding carboxylic acids is 1. The van der Waals surface area contributed by atoms with Crippen LogP contribution in [0.3, 0.4) is 0 Å². The zero-order chi connectivity index (χ0) is 15.7. The van der Waals surface area contributed by atoms with E-state index in [9.17, 15) is 9.59 Å². The van der Waals surface area contributed by atoms with Crippen molar-refractivity contribution in [3.05, 3.63) is 0 Å². The van der Waals surface area contributed by atoms with Crippen LogP contribution in [-0.2, 0) is 4.79 Å². The number of β-amino-alcohol motifs (C(OH)–C–C–N with tert-alkyl or cyclic N) is 1. The minimum absolute atomic E-state index is 0.0376. The monoisotopic (exact) mass is 301 g/mol. The van der Waals surface area contributed by atoms with Crippen molar-refractivity contribution in [3.8, 4) is 0 Å². The van der Waals surface area contributed by atoms with E-state index in [1.54, 1.807) is 4.90 Å². The van der Waals surface area contributed by atoms with Crippen molar-refractivity contribution in [1.82, 2.24) is 15.1 Å². The van der Waals surface area contributed by atoms with E-state index in [4.69, 9.17) is 10.2 Å². The van der Waals surface area contributed by atoms with Gasteiger partial charge in [-0.2, -0.15) is 0 Å². The maximum absolute atomic E-state index is 12.2. The Hall–Kier alpha value is -1.34. The molecule has 0 bridgehead atoms. The zero-order valence-electron chi connectivity index (χ0n) is 12.8. The smallest absolute Gasteiger partial charge is 0.317 e. The molecule has 0 saturated carbocycles. The van der Waals surface area contributed by atoms with E-state index in [1.807, 2.05) is 6.92 Å². The fraction of sp³-hybridized carbons (Fsp3) is 0.857. The summed E-state index contributed by atoms with van der Waals surface area (Å²) in [5.74, 6) is -0.890. The van der Waals surface area contributed by atoms with Crippen molar-refractivity contribution < 1.29 is 19.8 Å². The molecule has 3 N–H and O–H groups in total. The van der Waals surface area contributed by atoms with Gasteiger partial charge in [-0.25, -0.2) is 4.79 Å². The molecule has 0 spiro atoms. The molecule has 1 fully saturated rings. The van der Waals surface area contributed by atoms with Gasteiger partial charge in [0, 0.05) is 32.2 Å². The lowest BCUT2D eigenvalue weighted by atomic mass is 10.1. The normalized spacial score (nSPS) is 18.1. The lowest BCUT2D eigenvalue weighted by Gasteiger charge is -2.25. The Labute approximate surface area is 125 Å². The highest BCUT2D eigenvalue weighted by atomic mass is 16.4. The summed E-state index contributed by atoms with van der Waals surface area (Å²) < 4.78 is 0. The van der Waals surface area contributed by atoms with E-state index in [1.165, 1.54) is 0 Å². The summed E-state index contributed by atoms with van der Waals surface area (Å²) in [6, 6.07) is -0.489. The lowest BCUT2D eigenvalue weighted by molar-refractivity contribution is -0.137. The number of hydrogen-bond acceptors (Lipinski definition) is 4. The SMILES string of the molecule is CCCC(CC(=O)O)NC(=O)N1CCCN(CCO)CC1. The number of nitrogens with zero attached hydrogens (tertiary/aromatic N) is 2. The molecule has 1 heterocycles. The number of aliphatic carboxylic acids is 1. The van der Waals surface area contributed by atoms with E-state index >= 15 is 0 Å². The maximum atomic E-state index is 12.2. The van der Waals surface area contributed by atoms with Gasteiger partial charge in [0.25, 0.3) is 0 Å².